The average molecular weight is 311 g/mol. The number of nitrogens with one attached hydrogen (secondary N) is 1. The van der Waals surface area contributed by atoms with Crippen LogP contribution in [0.3, 0.4) is 0 Å². The van der Waals surface area contributed by atoms with Crippen LogP contribution in [0.25, 0.3) is 22.2 Å². The molecule has 0 amide bonds. The van der Waals surface area contributed by atoms with Gasteiger partial charge in [0, 0.05) is 22.5 Å². The third kappa shape index (κ3) is 2.61. The molecule has 3 aromatic rings. The Labute approximate surface area is 133 Å². The van der Waals surface area contributed by atoms with E-state index in [0.29, 0.717) is 22.6 Å². The van der Waals surface area contributed by atoms with E-state index in [-0.39, 0.29) is 0 Å². The maximum Gasteiger partial charge on any atom is 0.151 e. The van der Waals surface area contributed by atoms with Gasteiger partial charge in [-0.3, -0.25) is 4.79 Å². The van der Waals surface area contributed by atoms with Gasteiger partial charge in [-0.2, -0.15) is 0 Å². The second-order valence-electron chi connectivity index (χ2n) is 5.05. The molecule has 0 saturated carbocycles. The van der Waals surface area contributed by atoms with Crippen molar-refractivity contribution in [2.75, 3.05) is 21.3 Å². The van der Waals surface area contributed by atoms with Gasteiger partial charge in [0.2, 0.25) is 0 Å². The van der Waals surface area contributed by atoms with Gasteiger partial charge in [-0.05, 0) is 30.3 Å². The number of aromatic amines is 1. The molecule has 5 heteroatoms. The van der Waals surface area contributed by atoms with Crippen LogP contribution in [0.4, 0.5) is 0 Å². The lowest BCUT2D eigenvalue weighted by molar-refractivity contribution is 0.112. The summed E-state index contributed by atoms with van der Waals surface area (Å²) in [6, 6.07) is 11.2. The van der Waals surface area contributed by atoms with E-state index in [9.17, 15) is 4.79 Å². The van der Waals surface area contributed by atoms with Gasteiger partial charge in [0.15, 0.2) is 6.29 Å². The van der Waals surface area contributed by atoms with E-state index in [1.807, 2.05) is 24.3 Å². The topological polar surface area (TPSA) is 60.5 Å². The van der Waals surface area contributed by atoms with E-state index in [0.717, 1.165) is 28.6 Å². The van der Waals surface area contributed by atoms with Crippen LogP contribution in [0.5, 0.6) is 17.2 Å². The highest BCUT2D eigenvalue weighted by molar-refractivity contribution is 5.95. The largest absolute Gasteiger partial charge is 0.497 e. The van der Waals surface area contributed by atoms with Crippen molar-refractivity contribution >= 4 is 17.2 Å². The first-order valence-electron chi connectivity index (χ1n) is 7.08. The molecule has 0 saturated heterocycles. The summed E-state index contributed by atoms with van der Waals surface area (Å²) < 4.78 is 15.9. The van der Waals surface area contributed by atoms with Crippen LogP contribution < -0.4 is 14.2 Å². The lowest BCUT2D eigenvalue weighted by atomic mass is 10.0. The van der Waals surface area contributed by atoms with Crippen molar-refractivity contribution in [3.05, 3.63) is 42.0 Å². The minimum atomic E-state index is 0.500. The average Bonchev–Trinajstić information content (AvgIpc) is 3.02. The minimum absolute atomic E-state index is 0.500. The summed E-state index contributed by atoms with van der Waals surface area (Å²) in [7, 11) is 4.75. The fourth-order valence-electron chi connectivity index (χ4n) is 2.64. The smallest absolute Gasteiger partial charge is 0.151 e. The third-order valence-electron chi connectivity index (χ3n) is 3.79. The number of fused-ring (bicyclic) bond motifs is 1. The Bertz CT molecular complexity index is 867. The molecule has 0 spiro atoms. The SMILES string of the molecule is COc1cc(C=O)c(-c2cc3cc(OC)ccc3[nH]2)c(OC)c1. The summed E-state index contributed by atoms with van der Waals surface area (Å²) in [5, 5.41) is 0.995. The molecule has 0 fully saturated rings. The van der Waals surface area contributed by atoms with Gasteiger partial charge in [0.1, 0.15) is 17.2 Å². The summed E-state index contributed by atoms with van der Waals surface area (Å²) in [6.45, 7) is 0. The second-order valence-corrected chi connectivity index (χ2v) is 5.05. The molecule has 5 nitrogen and oxygen atoms in total. The highest BCUT2D eigenvalue weighted by atomic mass is 16.5. The molecule has 118 valence electrons. The Kier molecular flexibility index (Phi) is 3.93. The van der Waals surface area contributed by atoms with Crippen LogP contribution >= 0.6 is 0 Å². The first-order chi connectivity index (χ1) is 11.2. The number of hydrogen-bond donors (Lipinski definition) is 1. The number of aldehydes is 1. The number of methoxy groups -OCH3 is 3. The third-order valence-corrected chi connectivity index (χ3v) is 3.79. The number of H-pyrrole nitrogens is 1. The summed E-state index contributed by atoms with van der Waals surface area (Å²) >= 11 is 0. The zero-order valence-corrected chi connectivity index (χ0v) is 13.2. The van der Waals surface area contributed by atoms with Crippen molar-refractivity contribution in [3.8, 4) is 28.5 Å². The van der Waals surface area contributed by atoms with Crippen LogP contribution in [0.1, 0.15) is 10.4 Å². The van der Waals surface area contributed by atoms with E-state index in [2.05, 4.69) is 4.98 Å². The predicted octanol–water partition coefficient (Wildman–Crippen LogP) is 3.67. The second kappa shape index (κ2) is 6.04. The molecule has 1 aromatic heterocycles. The van der Waals surface area contributed by atoms with Crippen molar-refractivity contribution in [1.29, 1.82) is 0 Å². The number of aromatic nitrogens is 1. The van der Waals surface area contributed by atoms with Gasteiger partial charge in [-0.1, -0.05) is 0 Å². The zero-order chi connectivity index (χ0) is 16.4. The van der Waals surface area contributed by atoms with Crippen LogP contribution in [0.15, 0.2) is 36.4 Å². The van der Waals surface area contributed by atoms with Gasteiger partial charge in [0.25, 0.3) is 0 Å². The molecule has 0 aliphatic carbocycles. The van der Waals surface area contributed by atoms with Crippen molar-refractivity contribution in [2.45, 2.75) is 0 Å². The molecule has 0 atom stereocenters. The Hall–Kier alpha value is -2.95. The fraction of sp³-hybridized carbons (Fsp3) is 0.167. The summed E-state index contributed by atoms with van der Waals surface area (Å²) in [6.07, 6.45) is 0.798. The number of carbonyl (C=O) groups is 1. The van der Waals surface area contributed by atoms with E-state index in [4.69, 9.17) is 14.2 Å². The van der Waals surface area contributed by atoms with Crippen LogP contribution in [0.2, 0.25) is 0 Å². The molecule has 1 N–H and O–H groups in total. The van der Waals surface area contributed by atoms with Gasteiger partial charge < -0.3 is 19.2 Å². The first-order valence-corrected chi connectivity index (χ1v) is 7.08. The molecule has 0 aliphatic heterocycles. The number of ether oxygens (including phenoxy) is 3. The van der Waals surface area contributed by atoms with Gasteiger partial charge in [-0.25, -0.2) is 0 Å². The summed E-state index contributed by atoms with van der Waals surface area (Å²) in [5.41, 5.74) is 2.96. The number of carbonyl (C=O) groups excluding carboxylic acids is 1. The number of benzene rings is 2. The van der Waals surface area contributed by atoms with Crippen molar-refractivity contribution in [3.63, 3.8) is 0 Å². The van der Waals surface area contributed by atoms with Crippen LogP contribution in [0, 0.1) is 0 Å². The maximum atomic E-state index is 11.5. The Morgan fingerprint density at radius 2 is 1.70 bits per heavy atom. The first kappa shape index (κ1) is 15.0. The number of hydrogen-bond acceptors (Lipinski definition) is 4. The highest BCUT2D eigenvalue weighted by Gasteiger charge is 2.16. The van der Waals surface area contributed by atoms with E-state index >= 15 is 0 Å². The molecule has 0 unspecified atom stereocenters. The van der Waals surface area contributed by atoms with Crippen molar-refractivity contribution in [1.82, 2.24) is 4.98 Å². The molecule has 0 aliphatic rings. The quantitative estimate of drug-likeness (QED) is 0.730. The predicted molar refractivity (Wildman–Crippen MR) is 88.8 cm³/mol. The molecule has 0 bridgehead atoms. The van der Waals surface area contributed by atoms with Gasteiger partial charge >= 0.3 is 0 Å². The lowest BCUT2D eigenvalue weighted by Crippen LogP contribution is -1.96. The van der Waals surface area contributed by atoms with E-state index in [1.54, 1.807) is 33.5 Å². The lowest BCUT2D eigenvalue weighted by Gasteiger charge is -2.12. The summed E-state index contributed by atoms with van der Waals surface area (Å²) in [5.74, 6) is 1.93. The van der Waals surface area contributed by atoms with Gasteiger partial charge in [-0.15, -0.1) is 0 Å². The molecule has 2 aromatic carbocycles. The summed E-state index contributed by atoms with van der Waals surface area (Å²) in [4.78, 5) is 14.8. The Morgan fingerprint density at radius 3 is 2.35 bits per heavy atom. The fourth-order valence-corrected chi connectivity index (χ4v) is 2.64. The molecule has 1 heterocycles. The van der Waals surface area contributed by atoms with Gasteiger partial charge in [0.05, 0.1) is 32.6 Å². The standard InChI is InChI=1S/C18H17NO4/c1-21-13-4-5-15-11(6-13)8-16(19-15)18-12(10-20)7-14(22-2)9-17(18)23-3/h4-10,19H,1-3H3. The molecule has 0 radical (unpaired) electrons. The van der Waals surface area contributed by atoms with E-state index < -0.39 is 0 Å². The monoisotopic (exact) mass is 311 g/mol. The molecule has 23 heavy (non-hydrogen) atoms. The normalized spacial score (nSPS) is 10.6. The van der Waals surface area contributed by atoms with Crippen LogP contribution in [-0.4, -0.2) is 32.6 Å². The van der Waals surface area contributed by atoms with Crippen molar-refractivity contribution in [2.24, 2.45) is 0 Å². The maximum absolute atomic E-state index is 11.5. The zero-order valence-electron chi connectivity index (χ0n) is 13.2. The highest BCUT2D eigenvalue weighted by Crippen LogP contribution is 2.37. The molecular weight excluding hydrogens is 294 g/mol. The van der Waals surface area contributed by atoms with Crippen LogP contribution in [-0.2, 0) is 0 Å². The van der Waals surface area contributed by atoms with E-state index in [1.165, 1.54) is 0 Å². The number of rotatable bonds is 5. The Balaban J connectivity index is 2.22. The Morgan fingerprint density at radius 1 is 0.913 bits per heavy atom. The minimum Gasteiger partial charge on any atom is -0.497 e. The van der Waals surface area contributed by atoms with Crippen molar-refractivity contribution < 1.29 is 19.0 Å². The molecular formula is C18H17NO4. The molecule has 3 rings (SSSR count).